The number of benzene rings is 1. The lowest BCUT2D eigenvalue weighted by Crippen LogP contribution is -2.18. The Hall–Kier alpha value is -1.46. The fourth-order valence-corrected chi connectivity index (χ4v) is 3.36. The molecule has 3 rings (SSSR count). The van der Waals surface area contributed by atoms with Crippen LogP contribution in [0.5, 0.6) is 0 Å². The number of carboxylic acid groups (broad SMARTS) is 1. The van der Waals surface area contributed by atoms with Crippen molar-refractivity contribution in [3.05, 3.63) is 28.8 Å². The molecule has 1 aromatic heterocycles. The number of ether oxygens (including phenoxy) is 1. The Morgan fingerprint density at radius 2 is 2.33 bits per heavy atom. The van der Waals surface area contributed by atoms with Crippen LogP contribution in [-0.4, -0.2) is 22.2 Å². The molecule has 1 saturated heterocycles. The minimum atomic E-state index is -0.880. The average Bonchev–Trinajstić information content (AvgIpc) is 2.95. The molecule has 0 bridgehead atoms. The van der Waals surface area contributed by atoms with Crippen LogP contribution in [0.4, 0.5) is 0 Å². The maximum Gasteiger partial charge on any atom is 0.332 e. The third-order valence-corrected chi connectivity index (χ3v) is 4.32. The molecule has 4 nitrogen and oxygen atoms in total. The van der Waals surface area contributed by atoms with Gasteiger partial charge in [-0.1, -0.05) is 12.1 Å². The Kier molecular flexibility index (Phi) is 2.80. The highest BCUT2D eigenvalue weighted by Crippen LogP contribution is 2.37. The first kappa shape index (κ1) is 11.6. The third kappa shape index (κ3) is 1.89. The van der Waals surface area contributed by atoms with Gasteiger partial charge in [0.15, 0.2) is 6.10 Å². The van der Waals surface area contributed by atoms with E-state index >= 15 is 0 Å². The van der Waals surface area contributed by atoms with Crippen LogP contribution < -0.4 is 0 Å². The van der Waals surface area contributed by atoms with Crippen molar-refractivity contribution < 1.29 is 14.6 Å². The van der Waals surface area contributed by atoms with Gasteiger partial charge in [0.1, 0.15) is 11.1 Å². The second kappa shape index (κ2) is 4.33. The Morgan fingerprint density at radius 3 is 3.00 bits per heavy atom. The van der Waals surface area contributed by atoms with Gasteiger partial charge >= 0.3 is 5.97 Å². The number of thiazole rings is 1. The normalized spacial score (nSPS) is 23.6. The Morgan fingerprint density at radius 1 is 1.50 bits per heavy atom. The highest BCUT2D eigenvalue weighted by molar-refractivity contribution is 7.18. The molecule has 0 radical (unpaired) electrons. The minimum absolute atomic E-state index is 0.164. The smallest absolute Gasteiger partial charge is 0.332 e. The molecule has 18 heavy (non-hydrogen) atoms. The van der Waals surface area contributed by atoms with Crippen LogP contribution >= 0.6 is 11.3 Å². The van der Waals surface area contributed by atoms with Crippen molar-refractivity contribution in [3.63, 3.8) is 0 Å². The number of carboxylic acids is 1. The third-order valence-electron chi connectivity index (χ3n) is 3.21. The van der Waals surface area contributed by atoms with Crippen molar-refractivity contribution in [2.75, 3.05) is 0 Å². The van der Waals surface area contributed by atoms with E-state index in [1.165, 1.54) is 0 Å². The molecule has 2 atom stereocenters. The molecule has 1 fully saturated rings. The number of nitrogens with zero attached hydrogens (tertiary/aromatic N) is 1. The van der Waals surface area contributed by atoms with Crippen LogP contribution in [0.2, 0.25) is 0 Å². The largest absolute Gasteiger partial charge is 0.479 e. The molecule has 0 saturated carbocycles. The van der Waals surface area contributed by atoms with Gasteiger partial charge in [-0.05, 0) is 31.4 Å². The lowest BCUT2D eigenvalue weighted by atomic mass is 10.2. The molecule has 0 amide bonds. The average molecular weight is 263 g/mol. The van der Waals surface area contributed by atoms with Crippen molar-refractivity contribution >= 4 is 27.5 Å². The highest BCUT2D eigenvalue weighted by atomic mass is 32.1. The van der Waals surface area contributed by atoms with Gasteiger partial charge in [0.2, 0.25) is 0 Å². The lowest BCUT2D eigenvalue weighted by Gasteiger charge is -2.07. The van der Waals surface area contributed by atoms with Crippen LogP contribution in [0, 0.1) is 6.92 Å². The van der Waals surface area contributed by atoms with Crippen molar-refractivity contribution in [1.82, 2.24) is 4.98 Å². The predicted octanol–water partition coefficient (Wildman–Crippen LogP) is 2.91. The molecule has 2 heterocycles. The van der Waals surface area contributed by atoms with Crippen LogP contribution in [0.25, 0.3) is 10.2 Å². The van der Waals surface area contributed by atoms with Crippen LogP contribution in [0.1, 0.15) is 29.5 Å². The molecule has 1 N–H and O–H groups in total. The van der Waals surface area contributed by atoms with Gasteiger partial charge < -0.3 is 9.84 Å². The SMILES string of the molecule is Cc1cccc2sc(C3CCC(C(=O)O)O3)nc12. The number of fused-ring (bicyclic) bond motifs is 1. The summed E-state index contributed by atoms with van der Waals surface area (Å²) in [5.74, 6) is -0.880. The van der Waals surface area contributed by atoms with Gasteiger partial charge in [0.25, 0.3) is 0 Å². The second-order valence-corrected chi connectivity index (χ2v) is 5.56. The van der Waals surface area contributed by atoms with Gasteiger partial charge in [-0.3, -0.25) is 0 Å². The molecule has 0 spiro atoms. The van der Waals surface area contributed by atoms with E-state index in [2.05, 4.69) is 4.98 Å². The van der Waals surface area contributed by atoms with E-state index in [0.717, 1.165) is 27.2 Å². The van der Waals surface area contributed by atoms with E-state index in [9.17, 15) is 4.79 Å². The van der Waals surface area contributed by atoms with E-state index in [1.807, 2.05) is 25.1 Å². The van der Waals surface area contributed by atoms with Gasteiger partial charge in [-0.25, -0.2) is 9.78 Å². The zero-order valence-electron chi connectivity index (χ0n) is 9.92. The minimum Gasteiger partial charge on any atom is -0.479 e. The van der Waals surface area contributed by atoms with E-state index in [4.69, 9.17) is 9.84 Å². The molecule has 5 heteroatoms. The molecule has 1 aromatic carbocycles. The first-order valence-electron chi connectivity index (χ1n) is 5.89. The maximum absolute atomic E-state index is 10.9. The summed E-state index contributed by atoms with van der Waals surface area (Å²) in [4.78, 5) is 15.5. The summed E-state index contributed by atoms with van der Waals surface area (Å²) in [7, 11) is 0. The van der Waals surface area contributed by atoms with E-state index in [1.54, 1.807) is 11.3 Å². The first-order valence-corrected chi connectivity index (χ1v) is 6.71. The second-order valence-electron chi connectivity index (χ2n) is 4.50. The van der Waals surface area contributed by atoms with Crippen molar-refractivity contribution in [1.29, 1.82) is 0 Å². The number of carbonyl (C=O) groups is 1. The number of hydrogen-bond donors (Lipinski definition) is 1. The lowest BCUT2D eigenvalue weighted by molar-refractivity contribution is -0.149. The molecule has 1 aliphatic rings. The number of aliphatic carboxylic acids is 1. The number of para-hydroxylation sites is 1. The van der Waals surface area contributed by atoms with Crippen molar-refractivity contribution in [2.45, 2.75) is 32.0 Å². The van der Waals surface area contributed by atoms with Gasteiger partial charge in [0, 0.05) is 0 Å². The summed E-state index contributed by atoms with van der Waals surface area (Å²) in [6.45, 7) is 2.03. The van der Waals surface area contributed by atoms with Crippen molar-refractivity contribution in [3.8, 4) is 0 Å². The Labute approximate surface area is 108 Å². The summed E-state index contributed by atoms with van der Waals surface area (Å²) < 4.78 is 6.66. The fraction of sp³-hybridized carbons (Fsp3) is 0.385. The zero-order chi connectivity index (χ0) is 12.7. The molecule has 94 valence electrons. The van der Waals surface area contributed by atoms with E-state index < -0.39 is 12.1 Å². The fourth-order valence-electron chi connectivity index (χ4n) is 2.24. The van der Waals surface area contributed by atoms with Gasteiger partial charge in [-0.15, -0.1) is 11.3 Å². The standard InChI is InChI=1S/C13H13NO3S/c1-7-3-2-4-10-11(7)14-12(18-10)8-5-6-9(17-8)13(15)16/h2-4,8-9H,5-6H2,1H3,(H,15,16). The Bertz CT molecular complexity index is 607. The Balaban J connectivity index is 1.92. The highest BCUT2D eigenvalue weighted by Gasteiger charge is 2.33. The number of rotatable bonds is 2. The molecular formula is C13H13NO3S. The monoisotopic (exact) mass is 263 g/mol. The van der Waals surface area contributed by atoms with Crippen LogP contribution in [0.3, 0.4) is 0 Å². The summed E-state index contributed by atoms with van der Waals surface area (Å²) in [6.07, 6.45) is 0.455. The van der Waals surface area contributed by atoms with Crippen molar-refractivity contribution in [2.24, 2.45) is 0 Å². The summed E-state index contributed by atoms with van der Waals surface area (Å²) in [5.41, 5.74) is 2.14. The van der Waals surface area contributed by atoms with E-state index in [0.29, 0.717) is 6.42 Å². The van der Waals surface area contributed by atoms with E-state index in [-0.39, 0.29) is 6.10 Å². The topological polar surface area (TPSA) is 59.4 Å². The maximum atomic E-state index is 10.9. The number of aryl methyl sites for hydroxylation is 1. The molecule has 2 unspecified atom stereocenters. The van der Waals surface area contributed by atoms with Crippen LogP contribution in [-0.2, 0) is 9.53 Å². The summed E-state index contributed by atoms with van der Waals surface area (Å²) >= 11 is 1.59. The van der Waals surface area contributed by atoms with Gasteiger partial charge in [-0.2, -0.15) is 0 Å². The van der Waals surface area contributed by atoms with Crippen LogP contribution in [0.15, 0.2) is 18.2 Å². The number of aromatic nitrogens is 1. The molecule has 2 aromatic rings. The molecular weight excluding hydrogens is 250 g/mol. The zero-order valence-corrected chi connectivity index (χ0v) is 10.7. The summed E-state index contributed by atoms with van der Waals surface area (Å²) in [5, 5.41) is 9.81. The quantitative estimate of drug-likeness (QED) is 0.905. The summed E-state index contributed by atoms with van der Waals surface area (Å²) in [6, 6.07) is 6.07. The first-order chi connectivity index (χ1) is 8.65. The molecule has 0 aliphatic carbocycles. The predicted molar refractivity (Wildman–Crippen MR) is 68.8 cm³/mol. The number of hydrogen-bond acceptors (Lipinski definition) is 4. The van der Waals surface area contributed by atoms with Gasteiger partial charge in [0.05, 0.1) is 10.2 Å². The molecule has 1 aliphatic heterocycles.